The van der Waals surface area contributed by atoms with Crippen LogP contribution in [0, 0.1) is 0 Å². The molecule has 156 valence electrons. The largest absolute Gasteiger partial charge is 0.493 e. The van der Waals surface area contributed by atoms with E-state index in [1.54, 1.807) is 20.4 Å². The van der Waals surface area contributed by atoms with E-state index in [4.69, 9.17) is 14.2 Å². The Morgan fingerprint density at radius 3 is 2.74 bits per heavy atom. The number of nitrogens with zero attached hydrogens (tertiary/aromatic N) is 2. The van der Waals surface area contributed by atoms with Crippen molar-refractivity contribution in [1.29, 1.82) is 0 Å². The van der Waals surface area contributed by atoms with Crippen LogP contribution in [0.15, 0.2) is 67.0 Å². The van der Waals surface area contributed by atoms with Gasteiger partial charge in [-0.05, 0) is 42.0 Å². The lowest BCUT2D eigenvalue weighted by Crippen LogP contribution is -2.05. The number of para-hydroxylation sites is 2. The number of methoxy groups -OCH3 is 2. The van der Waals surface area contributed by atoms with Crippen LogP contribution in [0.3, 0.4) is 0 Å². The number of rotatable bonds is 7. The number of nitrogens with one attached hydrogen (secondary N) is 2. The van der Waals surface area contributed by atoms with Crippen molar-refractivity contribution in [3.8, 4) is 11.5 Å². The van der Waals surface area contributed by atoms with Crippen LogP contribution in [0.2, 0.25) is 0 Å². The Labute approximate surface area is 179 Å². The lowest BCUT2D eigenvalue weighted by Gasteiger charge is -2.18. The minimum atomic E-state index is -0.267. The minimum Gasteiger partial charge on any atom is -0.493 e. The van der Waals surface area contributed by atoms with E-state index in [2.05, 4.69) is 19.9 Å². The van der Waals surface area contributed by atoms with Crippen LogP contribution in [0.1, 0.15) is 23.1 Å². The molecule has 5 aromatic rings. The van der Waals surface area contributed by atoms with Gasteiger partial charge < -0.3 is 24.2 Å². The molecule has 0 fully saturated rings. The van der Waals surface area contributed by atoms with Crippen LogP contribution in [0.5, 0.6) is 11.5 Å². The van der Waals surface area contributed by atoms with Gasteiger partial charge in [0.05, 0.1) is 18.1 Å². The summed E-state index contributed by atoms with van der Waals surface area (Å²) in [7, 11) is 3.32. The van der Waals surface area contributed by atoms with Crippen molar-refractivity contribution in [2.45, 2.75) is 12.7 Å². The molecule has 0 amide bonds. The number of hydrogen-bond donors (Lipinski definition) is 2. The zero-order chi connectivity index (χ0) is 21.2. The monoisotopic (exact) mass is 414 g/mol. The van der Waals surface area contributed by atoms with Gasteiger partial charge in [-0.1, -0.05) is 18.2 Å². The molecule has 0 aliphatic heterocycles. The average molecular weight is 414 g/mol. The number of hydrogen-bond acceptors (Lipinski definition) is 5. The van der Waals surface area contributed by atoms with Gasteiger partial charge in [-0.15, -0.1) is 0 Å². The first-order valence-electron chi connectivity index (χ1n) is 9.96. The Bertz CT molecular complexity index is 1310. The number of H-pyrrole nitrogens is 2. The summed E-state index contributed by atoms with van der Waals surface area (Å²) < 4.78 is 17.4. The summed E-state index contributed by atoms with van der Waals surface area (Å²) in [5.74, 6) is 2.03. The number of fused-ring (bicyclic) bond motifs is 2. The first-order chi connectivity index (χ1) is 15.3. The van der Waals surface area contributed by atoms with Gasteiger partial charge in [0.1, 0.15) is 24.2 Å². The summed E-state index contributed by atoms with van der Waals surface area (Å²) in [5.41, 5.74) is 4.71. The molecule has 0 aliphatic rings. The molecule has 7 heteroatoms. The quantitative estimate of drug-likeness (QED) is 0.401. The second-order valence-electron chi connectivity index (χ2n) is 7.16. The van der Waals surface area contributed by atoms with Gasteiger partial charge in [-0.3, -0.25) is 0 Å². The maximum Gasteiger partial charge on any atom is 0.161 e. The highest BCUT2D eigenvalue weighted by molar-refractivity contribution is 5.80. The van der Waals surface area contributed by atoms with E-state index >= 15 is 0 Å². The Hall–Kier alpha value is -3.84. The summed E-state index contributed by atoms with van der Waals surface area (Å²) >= 11 is 0. The fourth-order valence-corrected chi connectivity index (χ4v) is 3.82. The molecule has 0 aliphatic carbocycles. The first kappa shape index (κ1) is 19.1. The van der Waals surface area contributed by atoms with E-state index < -0.39 is 0 Å². The van der Waals surface area contributed by atoms with Gasteiger partial charge in [0.25, 0.3) is 0 Å². The van der Waals surface area contributed by atoms with Crippen LogP contribution < -0.4 is 9.47 Å². The summed E-state index contributed by atoms with van der Waals surface area (Å²) in [6.07, 6.45) is 3.43. The number of imidazole rings is 1. The van der Waals surface area contributed by atoms with E-state index in [1.807, 2.05) is 60.8 Å². The van der Waals surface area contributed by atoms with Gasteiger partial charge in [0, 0.05) is 30.5 Å². The summed E-state index contributed by atoms with van der Waals surface area (Å²) in [6, 6.07) is 17.7. The van der Waals surface area contributed by atoms with Crippen molar-refractivity contribution in [3.63, 3.8) is 0 Å². The van der Waals surface area contributed by atoms with E-state index in [0.29, 0.717) is 18.1 Å². The maximum absolute atomic E-state index is 6.00. The predicted octanol–water partition coefficient (Wildman–Crippen LogP) is 4.76. The smallest absolute Gasteiger partial charge is 0.161 e. The van der Waals surface area contributed by atoms with Crippen molar-refractivity contribution < 1.29 is 14.2 Å². The molecule has 1 atom stereocenters. The third-order valence-corrected chi connectivity index (χ3v) is 5.29. The van der Waals surface area contributed by atoms with Gasteiger partial charge in [0.2, 0.25) is 0 Å². The molecule has 3 aromatic heterocycles. The van der Waals surface area contributed by atoms with Crippen molar-refractivity contribution in [2.75, 3.05) is 14.2 Å². The normalized spacial score (nSPS) is 12.3. The third kappa shape index (κ3) is 3.60. The van der Waals surface area contributed by atoms with Crippen LogP contribution in [-0.2, 0) is 11.3 Å². The molecular formula is C24H22N4O3. The first-order valence-corrected chi connectivity index (χ1v) is 9.96. The predicted molar refractivity (Wildman–Crippen MR) is 118 cm³/mol. The molecule has 0 saturated carbocycles. The molecule has 5 rings (SSSR count). The Kier molecular flexibility index (Phi) is 5.01. The fraction of sp³-hybridized carbons (Fsp3) is 0.167. The van der Waals surface area contributed by atoms with Crippen molar-refractivity contribution in [1.82, 2.24) is 19.9 Å². The molecule has 0 spiro atoms. The molecule has 0 saturated heterocycles. The van der Waals surface area contributed by atoms with E-state index in [-0.39, 0.29) is 6.10 Å². The van der Waals surface area contributed by atoms with Crippen molar-refractivity contribution in [3.05, 3.63) is 83.9 Å². The van der Waals surface area contributed by atoms with Crippen LogP contribution in [-0.4, -0.2) is 34.2 Å². The molecule has 2 aromatic carbocycles. The summed E-state index contributed by atoms with van der Waals surface area (Å²) in [6.45, 7) is 0.312. The molecule has 2 N–H and O–H groups in total. The number of aromatic nitrogens is 4. The molecule has 3 heterocycles. The fourth-order valence-electron chi connectivity index (χ4n) is 3.82. The second-order valence-corrected chi connectivity index (χ2v) is 7.16. The molecule has 1 unspecified atom stereocenters. The number of pyridine rings is 1. The second kappa shape index (κ2) is 8.12. The zero-order valence-electron chi connectivity index (χ0n) is 17.3. The number of benzene rings is 2. The Balaban J connectivity index is 1.41. The lowest BCUT2D eigenvalue weighted by molar-refractivity contribution is 0.137. The maximum atomic E-state index is 6.00. The summed E-state index contributed by atoms with van der Waals surface area (Å²) in [5, 5.41) is 1.03. The molecular weight excluding hydrogens is 392 g/mol. The molecule has 7 nitrogen and oxygen atoms in total. The number of ether oxygens (including phenoxy) is 3. The highest BCUT2D eigenvalue weighted by atomic mass is 16.5. The van der Waals surface area contributed by atoms with E-state index in [0.717, 1.165) is 39.0 Å². The Morgan fingerprint density at radius 2 is 1.90 bits per heavy atom. The SMILES string of the molecule is COc1cc(C(OC)c2c[nH]c3ncccc23)ccc1OCc1nc2ccccc2[nH]1. The minimum absolute atomic E-state index is 0.267. The van der Waals surface area contributed by atoms with Crippen LogP contribution >= 0.6 is 0 Å². The lowest BCUT2D eigenvalue weighted by atomic mass is 10.0. The van der Waals surface area contributed by atoms with Gasteiger partial charge in [-0.25, -0.2) is 9.97 Å². The van der Waals surface area contributed by atoms with Crippen LogP contribution in [0.25, 0.3) is 22.1 Å². The van der Waals surface area contributed by atoms with E-state index in [1.165, 1.54) is 0 Å². The third-order valence-electron chi connectivity index (χ3n) is 5.29. The van der Waals surface area contributed by atoms with Gasteiger partial charge in [0.15, 0.2) is 11.5 Å². The highest BCUT2D eigenvalue weighted by Gasteiger charge is 2.20. The van der Waals surface area contributed by atoms with Gasteiger partial charge in [-0.2, -0.15) is 0 Å². The van der Waals surface area contributed by atoms with Crippen LogP contribution in [0.4, 0.5) is 0 Å². The average Bonchev–Trinajstić information content (AvgIpc) is 3.43. The van der Waals surface area contributed by atoms with Crippen molar-refractivity contribution in [2.24, 2.45) is 0 Å². The molecule has 0 radical (unpaired) electrons. The highest BCUT2D eigenvalue weighted by Crippen LogP contribution is 2.36. The van der Waals surface area contributed by atoms with Crippen molar-refractivity contribution >= 4 is 22.1 Å². The number of aromatic amines is 2. The van der Waals surface area contributed by atoms with E-state index in [9.17, 15) is 0 Å². The van der Waals surface area contributed by atoms with Gasteiger partial charge >= 0.3 is 0 Å². The topological polar surface area (TPSA) is 85.1 Å². The summed E-state index contributed by atoms with van der Waals surface area (Å²) in [4.78, 5) is 15.4. The standard InChI is InChI=1S/C24H22N4O3/c1-29-21-12-15(23(30-2)17-13-26-24-16(17)6-5-11-25-24)9-10-20(21)31-14-22-27-18-7-3-4-8-19(18)28-22/h3-13,23H,14H2,1-2H3,(H,25,26)(H,27,28). The Morgan fingerprint density at radius 1 is 1.00 bits per heavy atom. The molecule has 0 bridgehead atoms. The zero-order valence-corrected chi connectivity index (χ0v) is 17.3. The molecule has 31 heavy (non-hydrogen) atoms.